The van der Waals surface area contributed by atoms with Gasteiger partial charge in [0.15, 0.2) is 0 Å². The molecule has 1 atom stereocenters. The predicted octanol–water partition coefficient (Wildman–Crippen LogP) is 4.38. The summed E-state index contributed by atoms with van der Waals surface area (Å²) in [6.07, 6.45) is -0.210. The molecule has 0 aliphatic rings. The third kappa shape index (κ3) is 3.73. The van der Waals surface area contributed by atoms with Crippen LogP contribution in [0.5, 0.6) is 0 Å². The zero-order chi connectivity index (χ0) is 18.8. The topological polar surface area (TPSA) is 82.2 Å². The van der Waals surface area contributed by atoms with Gasteiger partial charge in [-0.2, -0.15) is 0 Å². The Kier molecular flexibility index (Phi) is 5.00. The fourth-order valence-corrected chi connectivity index (χ4v) is 3.09. The zero-order valence-electron chi connectivity index (χ0n) is 14.5. The molecule has 3 aromatic rings. The van der Waals surface area contributed by atoms with Crippen LogP contribution in [-0.4, -0.2) is 22.0 Å². The molecule has 134 valence electrons. The fourth-order valence-electron chi connectivity index (χ4n) is 2.97. The van der Waals surface area contributed by atoms with Crippen LogP contribution in [0.4, 0.5) is 0 Å². The number of carboxylic acid groups (broad SMARTS) is 1. The maximum Gasteiger partial charge on any atom is 0.305 e. The van der Waals surface area contributed by atoms with E-state index in [9.17, 15) is 14.7 Å². The normalized spacial score (nSPS) is 12.1. The number of aliphatic carboxylic acids is 1. The second kappa shape index (κ2) is 7.22. The lowest BCUT2D eigenvalue weighted by molar-refractivity contribution is -0.137. The summed E-state index contributed by atoms with van der Waals surface area (Å²) in [5, 5.41) is 13.5. The van der Waals surface area contributed by atoms with Crippen LogP contribution in [0.15, 0.2) is 42.5 Å². The minimum absolute atomic E-state index is 0.210. The van der Waals surface area contributed by atoms with Gasteiger partial charge in [0, 0.05) is 27.2 Å². The van der Waals surface area contributed by atoms with Gasteiger partial charge in [-0.25, -0.2) is 0 Å². The van der Waals surface area contributed by atoms with Crippen LogP contribution in [0.3, 0.4) is 0 Å². The van der Waals surface area contributed by atoms with Crippen LogP contribution < -0.4 is 5.32 Å². The summed E-state index contributed by atoms with van der Waals surface area (Å²) in [5.41, 5.74) is 4.30. The summed E-state index contributed by atoms with van der Waals surface area (Å²) in [4.78, 5) is 27.2. The Balaban J connectivity index is 1.88. The van der Waals surface area contributed by atoms with Gasteiger partial charge in [0.05, 0.1) is 12.5 Å². The summed E-state index contributed by atoms with van der Waals surface area (Å²) < 4.78 is 0. The highest BCUT2D eigenvalue weighted by molar-refractivity contribution is 6.30. The van der Waals surface area contributed by atoms with Crippen molar-refractivity contribution in [3.05, 3.63) is 69.9 Å². The Morgan fingerprint density at radius 2 is 1.85 bits per heavy atom. The first-order valence-corrected chi connectivity index (χ1v) is 8.60. The van der Waals surface area contributed by atoms with Crippen molar-refractivity contribution in [3.63, 3.8) is 0 Å². The molecule has 0 spiro atoms. The van der Waals surface area contributed by atoms with Gasteiger partial charge in [-0.3, -0.25) is 9.59 Å². The Labute approximate surface area is 156 Å². The number of carbonyl (C=O) groups excluding carboxylic acids is 1. The van der Waals surface area contributed by atoms with E-state index in [1.165, 1.54) is 0 Å². The van der Waals surface area contributed by atoms with Crippen molar-refractivity contribution in [2.75, 3.05) is 0 Å². The molecule has 3 N–H and O–H groups in total. The number of amides is 1. The molecule has 0 bridgehead atoms. The number of halogens is 1. The van der Waals surface area contributed by atoms with Crippen LogP contribution in [0, 0.1) is 13.8 Å². The Hall–Kier alpha value is -2.79. The van der Waals surface area contributed by atoms with Gasteiger partial charge in [0.1, 0.15) is 0 Å². The first-order chi connectivity index (χ1) is 12.3. The molecule has 0 aliphatic heterocycles. The van der Waals surface area contributed by atoms with Crippen LogP contribution in [0.25, 0.3) is 10.9 Å². The van der Waals surface area contributed by atoms with Crippen molar-refractivity contribution in [2.45, 2.75) is 26.3 Å². The molecule has 1 aromatic heterocycles. The van der Waals surface area contributed by atoms with Crippen molar-refractivity contribution in [1.82, 2.24) is 10.3 Å². The smallest absolute Gasteiger partial charge is 0.305 e. The Morgan fingerprint density at radius 1 is 1.15 bits per heavy atom. The fraction of sp³-hybridized carbons (Fsp3) is 0.200. The van der Waals surface area contributed by atoms with E-state index in [4.69, 9.17) is 11.6 Å². The maximum atomic E-state index is 12.7. The van der Waals surface area contributed by atoms with Gasteiger partial charge in [-0.1, -0.05) is 23.7 Å². The number of rotatable bonds is 5. The van der Waals surface area contributed by atoms with Crippen molar-refractivity contribution in [3.8, 4) is 0 Å². The highest BCUT2D eigenvalue weighted by Crippen LogP contribution is 2.24. The van der Waals surface area contributed by atoms with Gasteiger partial charge in [-0.05, 0) is 55.3 Å². The van der Waals surface area contributed by atoms with E-state index in [1.807, 2.05) is 26.0 Å². The quantitative estimate of drug-likeness (QED) is 0.623. The number of carboxylic acids is 1. The molecule has 6 heteroatoms. The van der Waals surface area contributed by atoms with E-state index in [2.05, 4.69) is 10.3 Å². The lowest BCUT2D eigenvalue weighted by Gasteiger charge is -2.18. The first kappa shape index (κ1) is 18.0. The number of aryl methyl sites for hydroxylation is 2. The van der Waals surface area contributed by atoms with Gasteiger partial charge in [0.2, 0.25) is 0 Å². The molecule has 3 rings (SSSR count). The number of H-pyrrole nitrogens is 1. The molecule has 0 radical (unpaired) electrons. The van der Waals surface area contributed by atoms with Gasteiger partial charge >= 0.3 is 5.97 Å². The summed E-state index contributed by atoms with van der Waals surface area (Å²) >= 11 is 5.89. The molecular formula is C20H19ClN2O3. The lowest BCUT2D eigenvalue weighted by Crippen LogP contribution is -2.30. The molecule has 26 heavy (non-hydrogen) atoms. The molecule has 0 saturated carbocycles. The summed E-state index contributed by atoms with van der Waals surface area (Å²) in [6.45, 7) is 3.98. The minimum Gasteiger partial charge on any atom is -0.481 e. The van der Waals surface area contributed by atoms with Crippen LogP contribution in [0.1, 0.15) is 39.6 Å². The van der Waals surface area contributed by atoms with Crippen LogP contribution >= 0.6 is 11.6 Å². The number of hydrogen-bond acceptors (Lipinski definition) is 2. The molecule has 0 aliphatic carbocycles. The largest absolute Gasteiger partial charge is 0.481 e. The van der Waals surface area contributed by atoms with Crippen LogP contribution in [-0.2, 0) is 4.79 Å². The van der Waals surface area contributed by atoms with E-state index in [1.54, 1.807) is 30.3 Å². The first-order valence-electron chi connectivity index (χ1n) is 8.22. The van der Waals surface area contributed by atoms with Crippen LogP contribution in [0.2, 0.25) is 5.02 Å². The number of fused-ring (bicyclic) bond motifs is 1. The summed E-state index contributed by atoms with van der Waals surface area (Å²) in [7, 11) is 0. The number of carbonyl (C=O) groups is 2. The van der Waals surface area contributed by atoms with Crippen molar-refractivity contribution in [2.24, 2.45) is 0 Å². The van der Waals surface area contributed by atoms with Crippen molar-refractivity contribution >= 4 is 34.4 Å². The highest BCUT2D eigenvalue weighted by Gasteiger charge is 2.19. The Morgan fingerprint density at radius 3 is 2.50 bits per heavy atom. The maximum absolute atomic E-state index is 12.7. The number of aromatic nitrogens is 1. The highest BCUT2D eigenvalue weighted by atomic mass is 35.5. The van der Waals surface area contributed by atoms with Crippen molar-refractivity contribution in [1.29, 1.82) is 0 Å². The van der Waals surface area contributed by atoms with Crippen molar-refractivity contribution < 1.29 is 14.7 Å². The molecule has 5 nitrogen and oxygen atoms in total. The van der Waals surface area contributed by atoms with E-state index in [-0.39, 0.29) is 12.3 Å². The zero-order valence-corrected chi connectivity index (χ0v) is 15.2. The lowest BCUT2D eigenvalue weighted by atomic mass is 10.0. The third-order valence-corrected chi connectivity index (χ3v) is 4.78. The SMILES string of the molecule is Cc1[nH]c2ccc(C(=O)NC(CC(=O)O)c3ccc(Cl)cc3)cc2c1C. The van der Waals surface area contributed by atoms with E-state index >= 15 is 0 Å². The van der Waals surface area contributed by atoms with E-state index in [0.717, 1.165) is 22.2 Å². The standard InChI is InChI=1S/C20H19ClN2O3/c1-11-12(2)22-17-8-5-14(9-16(11)17)20(26)23-18(10-19(24)25)13-3-6-15(21)7-4-13/h3-9,18,22H,10H2,1-2H3,(H,23,26)(H,24,25). The second-order valence-corrected chi connectivity index (χ2v) is 6.75. The summed E-state index contributed by atoms with van der Waals surface area (Å²) in [5.74, 6) is -1.30. The van der Waals surface area contributed by atoms with Gasteiger partial charge < -0.3 is 15.4 Å². The predicted molar refractivity (Wildman–Crippen MR) is 102 cm³/mol. The molecule has 1 unspecified atom stereocenters. The van der Waals surface area contributed by atoms with Gasteiger partial charge in [-0.15, -0.1) is 0 Å². The molecular weight excluding hydrogens is 352 g/mol. The molecule has 1 heterocycles. The monoisotopic (exact) mass is 370 g/mol. The number of aromatic amines is 1. The molecule has 1 amide bonds. The average molecular weight is 371 g/mol. The summed E-state index contributed by atoms with van der Waals surface area (Å²) in [6, 6.07) is 11.6. The Bertz CT molecular complexity index is 977. The molecule has 2 aromatic carbocycles. The third-order valence-electron chi connectivity index (χ3n) is 4.53. The minimum atomic E-state index is -0.988. The van der Waals surface area contributed by atoms with Gasteiger partial charge in [0.25, 0.3) is 5.91 Å². The number of nitrogens with one attached hydrogen (secondary N) is 2. The number of hydrogen-bond donors (Lipinski definition) is 3. The van der Waals surface area contributed by atoms with E-state index in [0.29, 0.717) is 16.1 Å². The average Bonchev–Trinajstić information content (AvgIpc) is 2.88. The second-order valence-electron chi connectivity index (χ2n) is 6.31. The van der Waals surface area contributed by atoms with E-state index < -0.39 is 12.0 Å². The molecule has 0 saturated heterocycles. The number of benzene rings is 2. The molecule has 0 fully saturated rings.